The summed E-state index contributed by atoms with van der Waals surface area (Å²) >= 11 is 0. The number of piperidine rings is 1. The van der Waals surface area contributed by atoms with Crippen molar-refractivity contribution in [2.45, 2.75) is 52.6 Å². The molecule has 1 aliphatic heterocycles. The number of fused-ring (bicyclic) bond motifs is 1. The van der Waals surface area contributed by atoms with Crippen molar-refractivity contribution in [3.63, 3.8) is 0 Å². The maximum atomic E-state index is 4.58. The summed E-state index contributed by atoms with van der Waals surface area (Å²) in [5.74, 6) is 1.06. The van der Waals surface area contributed by atoms with Gasteiger partial charge in [0.25, 0.3) is 0 Å². The lowest BCUT2D eigenvalue weighted by Gasteiger charge is -2.34. The van der Waals surface area contributed by atoms with E-state index in [1.165, 1.54) is 19.3 Å². The number of hydrogen-bond donors (Lipinski definition) is 0. The Bertz CT molecular complexity index is 589. The van der Waals surface area contributed by atoms with Gasteiger partial charge in [0, 0.05) is 19.1 Å². The van der Waals surface area contributed by atoms with Crippen molar-refractivity contribution in [1.29, 1.82) is 0 Å². The minimum atomic E-state index is 0.548. The third-order valence-electron chi connectivity index (χ3n) is 4.05. The molecule has 5 heteroatoms. The van der Waals surface area contributed by atoms with Gasteiger partial charge in [-0.3, -0.25) is 4.68 Å². The molecule has 0 radical (unpaired) electrons. The van der Waals surface area contributed by atoms with Crippen LogP contribution in [-0.4, -0.2) is 32.3 Å². The van der Waals surface area contributed by atoms with E-state index in [1.807, 2.05) is 11.6 Å². The largest absolute Gasteiger partial charge is 0.352 e. The average molecular weight is 259 g/mol. The molecule has 0 N–H and O–H groups in total. The summed E-state index contributed by atoms with van der Waals surface area (Å²) in [6, 6.07) is 0.548. The molecular weight excluding hydrogens is 238 g/mol. The van der Waals surface area contributed by atoms with E-state index in [9.17, 15) is 0 Å². The SMILES string of the molecule is CCn1nc(C)c2ncnc(N3CCCC[C@@H]3C)c21. The molecule has 5 nitrogen and oxygen atoms in total. The van der Waals surface area contributed by atoms with E-state index >= 15 is 0 Å². The molecule has 19 heavy (non-hydrogen) atoms. The highest BCUT2D eigenvalue weighted by atomic mass is 15.3. The van der Waals surface area contributed by atoms with E-state index in [2.05, 4.69) is 33.8 Å². The van der Waals surface area contributed by atoms with Crippen LogP contribution in [0.4, 0.5) is 5.82 Å². The Morgan fingerprint density at radius 1 is 1.32 bits per heavy atom. The van der Waals surface area contributed by atoms with E-state index in [1.54, 1.807) is 6.33 Å². The van der Waals surface area contributed by atoms with Gasteiger partial charge < -0.3 is 4.90 Å². The second-order valence-corrected chi connectivity index (χ2v) is 5.33. The Hall–Kier alpha value is -1.65. The van der Waals surface area contributed by atoms with Crippen molar-refractivity contribution in [2.24, 2.45) is 0 Å². The summed E-state index contributed by atoms with van der Waals surface area (Å²) in [5, 5.41) is 4.58. The van der Waals surface area contributed by atoms with E-state index in [4.69, 9.17) is 0 Å². The molecule has 2 aromatic heterocycles. The Morgan fingerprint density at radius 3 is 2.89 bits per heavy atom. The van der Waals surface area contributed by atoms with Crippen LogP contribution in [0.3, 0.4) is 0 Å². The van der Waals surface area contributed by atoms with E-state index in [0.29, 0.717) is 6.04 Å². The molecule has 3 heterocycles. The van der Waals surface area contributed by atoms with Gasteiger partial charge in [-0.05, 0) is 40.0 Å². The van der Waals surface area contributed by atoms with E-state index < -0.39 is 0 Å². The molecule has 1 atom stereocenters. The van der Waals surface area contributed by atoms with Crippen LogP contribution in [0.5, 0.6) is 0 Å². The van der Waals surface area contributed by atoms with Crippen molar-refractivity contribution in [2.75, 3.05) is 11.4 Å². The zero-order valence-electron chi connectivity index (χ0n) is 11.9. The Kier molecular flexibility index (Phi) is 3.12. The average Bonchev–Trinajstić information content (AvgIpc) is 2.76. The van der Waals surface area contributed by atoms with Gasteiger partial charge in [0.1, 0.15) is 17.4 Å². The standard InChI is InChI=1S/C14H21N5/c1-4-19-13-12(11(3)17-19)15-9-16-14(13)18-8-6-5-7-10(18)2/h9-10H,4-8H2,1-3H3/t10-/m0/s1. The third kappa shape index (κ3) is 1.97. The van der Waals surface area contributed by atoms with Gasteiger partial charge in [0.15, 0.2) is 5.82 Å². The van der Waals surface area contributed by atoms with Gasteiger partial charge in [0.2, 0.25) is 0 Å². The highest BCUT2D eigenvalue weighted by Gasteiger charge is 2.24. The number of hydrogen-bond acceptors (Lipinski definition) is 4. The minimum Gasteiger partial charge on any atom is -0.352 e. The van der Waals surface area contributed by atoms with E-state index in [0.717, 1.165) is 35.6 Å². The molecule has 102 valence electrons. The van der Waals surface area contributed by atoms with Crippen LogP contribution in [0, 0.1) is 6.92 Å². The number of aryl methyl sites for hydroxylation is 2. The first-order valence-electron chi connectivity index (χ1n) is 7.17. The van der Waals surface area contributed by atoms with Gasteiger partial charge in [0.05, 0.1) is 5.69 Å². The molecule has 0 bridgehead atoms. The monoisotopic (exact) mass is 259 g/mol. The molecule has 1 saturated heterocycles. The smallest absolute Gasteiger partial charge is 0.158 e. The molecular formula is C14H21N5. The van der Waals surface area contributed by atoms with Crippen molar-refractivity contribution in [1.82, 2.24) is 19.7 Å². The first-order valence-corrected chi connectivity index (χ1v) is 7.17. The number of anilines is 1. The molecule has 1 fully saturated rings. The van der Waals surface area contributed by atoms with Crippen molar-refractivity contribution < 1.29 is 0 Å². The normalized spacial score (nSPS) is 20.2. The lowest BCUT2D eigenvalue weighted by atomic mass is 10.0. The molecule has 0 aromatic carbocycles. The van der Waals surface area contributed by atoms with Crippen LogP contribution in [0.2, 0.25) is 0 Å². The molecule has 0 amide bonds. The molecule has 0 unspecified atom stereocenters. The molecule has 3 rings (SSSR count). The van der Waals surface area contributed by atoms with Crippen LogP contribution >= 0.6 is 0 Å². The van der Waals surface area contributed by atoms with Crippen molar-refractivity contribution in [3.8, 4) is 0 Å². The summed E-state index contributed by atoms with van der Waals surface area (Å²) < 4.78 is 2.03. The molecule has 0 saturated carbocycles. The second kappa shape index (κ2) is 4.79. The zero-order chi connectivity index (χ0) is 13.4. The van der Waals surface area contributed by atoms with Gasteiger partial charge in [-0.25, -0.2) is 9.97 Å². The second-order valence-electron chi connectivity index (χ2n) is 5.33. The lowest BCUT2D eigenvalue weighted by molar-refractivity contribution is 0.481. The van der Waals surface area contributed by atoms with Crippen LogP contribution in [0.1, 0.15) is 38.8 Å². The lowest BCUT2D eigenvalue weighted by Crippen LogP contribution is -2.38. The highest BCUT2D eigenvalue weighted by Crippen LogP contribution is 2.29. The Morgan fingerprint density at radius 2 is 2.16 bits per heavy atom. The Balaban J connectivity index is 2.17. The fourth-order valence-electron chi connectivity index (χ4n) is 3.00. The van der Waals surface area contributed by atoms with Gasteiger partial charge in [-0.2, -0.15) is 5.10 Å². The van der Waals surface area contributed by atoms with Crippen LogP contribution in [-0.2, 0) is 6.54 Å². The first kappa shape index (κ1) is 12.4. The topological polar surface area (TPSA) is 46.8 Å². The summed E-state index contributed by atoms with van der Waals surface area (Å²) in [6.07, 6.45) is 5.48. The van der Waals surface area contributed by atoms with Gasteiger partial charge >= 0.3 is 0 Å². The summed E-state index contributed by atoms with van der Waals surface area (Å²) in [6.45, 7) is 8.36. The summed E-state index contributed by atoms with van der Waals surface area (Å²) in [4.78, 5) is 11.4. The molecule has 1 aliphatic rings. The molecule has 0 spiro atoms. The minimum absolute atomic E-state index is 0.548. The van der Waals surface area contributed by atoms with Crippen molar-refractivity contribution in [3.05, 3.63) is 12.0 Å². The van der Waals surface area contributed by atoms with Crippen molar-refractivity contribution >= 4 is 16.9 Å². The third-order valence-corrected chi connectivity index (χ3v) is 4.05. The van der Waals surface area contributed by atoms with Crippen LogP contribution < -0.4 is 4.90 Å². The fraction of sp³-hybridized carbons (Fsp3) is 0.643. The predicted octanol–water partition coefficient (Wildman–Crippen LogP) is 2.53. The van der Waals surface area contributed by atoms with Gasteiger partial charge in [-0.1, -0.05) is 0 Å². The Labute approximate surface area is 113 Å². The van der Waals surface area contributed by atoms with E-state index in [-0.39, 0.29) is 0 Å². The van der Waals surface area contributed by atoms with Gasteiger partial charge in [-0.15, -0.1) is 0 Å². The zero-order valence-corrected chi connectivity index (χ0v) is 11.9. The number of aromatic nitrogens is 4. The number of rotatable bonds is 2. The molecule has 0 aliphatic carbocycles. The highest BCUT2D eigenvalue weighted by molar-refractivity contribution is 5.87. The fourth-order valence-corrected chi connectivity index (χ4v) is 3.00. The predicted molar refractivity (Wildman–Crippen MR) is 76.4 cm³/mol. The first-order chi connectivity index (χ1) is 9.22. The summed E-state index contributed by atoms with van der Waals surface area (Å²) in [5.41, 5.74) is 3.08. The maximum Gasteiger partial charge on any atom is 0.158 e. The number of nitrogens with zero attached hydrogens (tertiary/aromatic N) is 5. The summed E-state index contributed by atoms with van der Waals surface area (Å²) in [7, 11) is 0. The maximum absolute atomic E-state index is 4.58. The van der Waals surface area contributed by atoms with Crippen LogP contribution in [0.25, 0.3) is 11.0 Å². The van der Waals surface area contributed by atoms with Crippen LogP contribution in [0.15, 0.2) is 6.33 Å². The molecule has 2 aromatic rings. The quantitative estimate of drug-likeness (QED) is 0.831.